The number of halogens is 1. The third kappa shape index (κ3) is 2.87. The van der Waals surface area contributed by atoms with E-state index in [1.54, 1.807) is 13.0 Å². The van der Waals surface area contributed by atoms with Gasteiger partial charge < -0.3 is 15.9 Å². The zero-order valence-electron chi connectivity index (χ0n) is 8.90. The molecule has 0 heterocycles. The second-order valence-electron chi connectivity index (χ2n) is 3.70. The Kier molecular flexibility index (Phi) is 4.15. The number of phenols is 1. The number of aryl methyl sites for hydroxylation is 1. The van der Waals surface area contributed by atoms with E-state index in [4.69, 9.17) is 22.4 Å². The van der Waals surface area contributed by atoms with Crippen LogP contribution in [-0.4, -0.2) is 22.7 Å². The summed E-state index contributed by atoms with van der Waals surface area (Å²) in [6.07, 6.45) is -0.0585. The average molecular weight is 244 g/mol. The molecule has 1 aromatic rings. The average Bonchev–Trinajstić information content (AvgIpc) is 2.21. The third-order valence-corrected chi connectivity index (χ3v) is 2.93. The van der Waals surface area contributed by atoms with Crippen LogP contribution in [-0.2, 0) is 4.79 Å². The quantitative estimate of drug-likeness (QED) is 0.754. The first-order valence-corrected chi connectivity index (χ1v) is 5.24. The lowest BCUT2D eigenvalue weighted by Crippen LogP contribution is -2.16. The molecule has 1 atom stereocenters. The maximum Gasteiger partial charge on any atom is 0.304 e. The van der Waals surface area contributed by atoms with Crippen molar-refractivity contribution in [3.05, 3.63) is 28.3 Å². The van der Waals surface area contributed by atoms with Crippen LogP contribution in [0.15, 0.2) is 12.1 Å². The van der Waals surface area contributed by atoms with Crippen molar-refractivity contribution in [3.8, 4) is 5.75 Å². The first-order chi connectivity index (χ1) is 7.45. The molecule has 1 rings (SSSR count). The van der Waals surface area contributed by atoms with E-state index in [1.165, 1.54) is 6.07 Å². The van der Waals surface area contributed by atoms with E-state index >= 15 is 0 Å². The van der Waals surface area contributed by atoms with Gasteiger partial charge in [0.2, 0.25) is 0 Å². The molecule has 0 spiro atoms. The summed E-state index contributed by atoms with van der Waals surface area (Å²) in [6.45, 7) is 1.96. The lowest BCUT2D eigenvalue weighted by atomic mass is 9.94. The lowest BCUT2D eigenvalue weighted by Gasteiger charge is -2.14. The zero-order chi connectivity index (χ0) is 12.3. The van der Waals surface area contributed by atoms with E-state index in [0.717, 1.165) is 0 Å². The Bertz CT molecular complexity index is 383. The third-order valence-electron chi connectivity index (χ3n) is 2.43. The van der Waals surface area contributed by atoms with Crippen molar-refractivity contribution in [1.82, 2.24) is 0 Å². The van der Waals surface area contributed by atoms with Crippen molar-refractivity contribution in [2.24, 2.45) is 5.73 Å². The van der Waals surface area contributed by atoms with Crippen LogP contribution < -0.4 is 5.73 Å². The molecular formula is C11H14ClNO3. The lowest BCUT2D eigenvalue weighted by molar-refractivity contribution is -0.137. The van der Waals surface area contributed by atoms with Crippen LogP contribution in [0.3, 0.4) is 0 Å². The highest BCUT2D eigenvalue weighted by atomic mass is 35.5. The molecule has 0 aliphatic carbocycles. The smallest absolute Gasteiger partial charge is 0.304 e. The second kappa shape index (κ2) is 5.18. The van der Waals surface area contributed by atoms with Crippen LogP contribution in [0.5, 0.6) is 5.75 Å². The fourth-order valence-electron chi connectivity index (χ4n) is 1.56. The molecule has 0 aliphatic rings. The van der Waals surface area contributed by atoms with Crippen molar-refractivity contribution in [2.75, 3.05) is 6.54 Å². The number of hydrogen-bond acceptors (Lipinski definition) is 3. The maximum absolute atomic E-state index is 10.6. The molecule has 0 amide bonds. The molecule has 88 valence electrons. The predicted octanol–water partition coefficient (Wildman–Crippen LogP) is 1.87. The molecule has 4 N–H and O–H groups in total. The van der Waals surface area contributed by atoms with Crippen LogP contribution >= 0.6 is 11.6 Å². The van der Waals surface area contributed by atoms with Gasteiger partial charge in [0.15, 0.2) is 0 Å². The number of benzene rings is 1. The highest BCUT2D eigenvalue weighted by Gasteiger charge is 2.16. The Hall–Kier alpha value is -1.26. The van der Waals surface area contributed by atoms with Crippen molar-refractivity contribution >= 4 is 17.6 Å². The van der Waals surface area contributed by atoms with E-state index in [1.807, 2.05) is 0 Å². The Labute approximate surface area is 98.6 Å². The number of nitrogens with two attached hydrogens (primary N) is 1. The summed E-state index contributed by atoms with van der Waals surface area (Å²) >= 11 is 5.81. The summed E-state index contributed by atoms with van der Waals surface area (Å²) in [4.78, 5) is 10.6. The number of carboxylic acids is 1. The van der Waals surface area contributed by atoms with Gasteiger partial charge in [0, 0.05) is 5.92 Å². The Morgan fingerprint density at radius 3 is 2.62 bits per heavy atom. The van der Waals surface area contributed by atoms with Gasteiger partial charge >= 0.3 is 5.97 Å². The molecule has 0 aliphatic heterocycles. The monoisotopic (exact) mass is 243 g/mol. The van der Waals surface area contributed by atoms with Crippen LogP contribution in [0.1, 0.15) is 23.5 Å². The number of aliphatic carboxylic acids is 1. The van der Waals surface area contributed by atoms with Crippen LogP contribution in [0.25, 0.3) is 0 Å². The number of rotatable bonds is 4. The fourth-order valence-corrected chi connectivity index (χ4v) is 1.67. The standard InChI is InChI=1S/C11H14ClNO3/c1-6-2-7(3-9(14)11(6)12)8(5-13)4-10(15)16/h2-3,8,14H,4-5,13H2,1H3,(H,15,16). The molecule has 0 radical (unpaired) electrons. The highest BCUT2D eigenvalue weighted by molar-refractivity contribution is 6.32. The van der Waals surface area contributed by atoms with Gasteiger partial charge in [0.05, 0.1) is 11.4 Å². The van der Waals surface area contributed by atoms with Gasteiger partial charge in [-0.25, -0.2) is 0 Å². The topological polar surface area (TPSA) is 83.6 Å². The first kappa shape index (κ1) is 12.8. The van der Waals surface area contributed by atoms with Gasteiger partial charge in [-0.3, -0.25) is 4.79 Å². The van der Waals surface area contributed by atoms with Gasteiger partial charge in [-0.15, -0.1) is 0 Å². The minimum absolute atomic E-state index is 0.0412. The summed E-state index contributed by atoms with van der Waals surface area (Å²) in [6, 6.07) is 3.22. The number of phenolic OH excluding ortho intramolecular Hbond substituents is 1. The van der Waals surface area contributed by atoms with Gasteiger partial charge in [0.1, 0.15) is 5.75 Å². The van der Waals surface area contributed by atoms with Crippen molar-refractivity contribution in [3.63, 3.8) is 0 Å². The summed E-state index contributed by atoms with van der Waals surface area (Å²) in [5.41, 5.74) is 6.92. The van der Waals surface area contributed by atoms with Gasteiger partial charge in [0.25, 0.3) is 0 Å². The van der Waals surface area contributed by atoms with E-state index in [0.29, 0.717) is 11.1 Å². The van der Waals surface area contributed by atoms with E-state index < -0.39 is 5.97 Å². The van der Waals surface area contributed by atoms with Crippen molar-refractivity contribution in [1.29, 1.82) is 0 Å². The van der Waals surface area contributed by atoms with E-state index in [2.05, 4.69) is 0 Å². The Morgan fingerprint density at radius 2 is 2.19 bits per heavy atom. The molecule has 0 bridgehead atoms. The summed E-state index contributed by atoms with van der Waals surface area (Å²) in [7, 11) is 0. The molecule has 1 aromatic carbocycles. The second-order valence-corrected chi connectivity index (χ2v) is 4.08. The van der Waals surface area contributed by atoms with Crippen molar-refractivity contribution in [2.45, 2.75) is 19.3 Å². The Balaban J connectivity index is 3.06. The minimum Gasteiger partial charge on any atom is -0.506 e. The van der Waals surface area contributed by atoms with Gasteiger partial charge in [-0.1, -0.05) is 17.7 Å². The van der Waals surface area contributed by atoms with Crippen molar-refractivity contribution < 1.29 is 15.0 Å². The Morgan fingerprint density at radius 1 is 1.56 bits per heavy atom. The normalized spacial score (nSPS) is 12.4. The van der Waals surface area contributed by atoms with Crippen LogP contribution in [0.4, 0.5) is 0 Å². The van der Waals surface area contributed by atoms with Gasteiger partial charge in [-0.05, 0) is 30.7 Å². The molecule has 0 fully saturated rings. The summed E-state index contributed by atoms with van der Waals surface area (Å²) < 4.78 is 0. The molecular weight excluding hydrogens is 230 g/mol. The van der Waals surface area contributed by atoms with E-state index in [9.17, 15) is 9.90 Å². The first-order valence-electron chi connectivity index (χ1n) is 4.86. The van der Waals surface area contributed by atoms with Gasteiger partial charge in [-0.2, -0.15) is 0 Å². The molecule has 0 saturated heterocycles. The molecule has 0 aromatic heterocycles. The predicted molar refractivity (Wildman–Crippen MR) is 61.9 cm³/mol. The molecule has 16 heavy (non-hydrogen) atoms. The minimum atomic E-state index is -0.914. The number of aromatic hydroxyl groups is 1. The maximum atomic E-state index is 10.6. The number of hydrogen-bond donors (Lipinski definition) is 3. The summed E-state index contributed by atoms with van der Waals surface area (Å²) in [5.74, 6) is -1.26. The molecule has 0 saturated carbocycles. The summed E-state index contributed by atoms with van der Waals surface area (Å²) in [5, 5.41) is 18.6. The molecule has 4 nitrogen and oxygen atoms in total. The fraction of sp³-hybridized carbons (Fsp3) is 0.364. The van der Waals surface area contributed by atoms with E-state index in [-0.39, 0.29) is 29.7 Å². The van der Waals surface area contributed by atoms with Crippen LogP contribution in [0, 0.1) is 6.92 Å². The molecule has 5 heteroatoms. The highest BCUT2D eigenvalue weighted by Crippen LogP contribution is 2.31. The largest absolute Gasteiger partial charge is 0.506 e. The number of carbonyl (C=O) groups is 1. The van der Waals surface area contributed by atoms with Crippen LogP contribution in [0.2, 0.25) is 5.02 Å². The SMILES string of the molecule is Cc1cc(C(CN)CC(=O)O)cc(O)c1Cl. The zero-order valence-corrected chi connectivity index (χ0v) is 9.66. The number of carboxylic acid groups (broad SMARTS) is 1. The molecule has 1 unspecified atom stereocenters.